The lowest BCUT2D eigenvalue weighted by Gasteiger charge is -2.31. The molecule has 172 valence electrons. The molecule has 0 radical (unpaired) electrons. The first-order chi connectivity index (χ1) is 14.3. The molecule has 7 nitrogen and oxygen atoms in total. The topological polar surface area (TPSA) is 81.5 Å². The Bertz CT molecular complexity index is 1070. The average Bonchev–Trinajstić information content (AvgIpc) is 2.97. The maximum Gasteiger partial charge on any atom is 0.411 e. The average molecular weight is 496 g/mol. The van der Waals surface area contributed by atoms with Crippen molar-refractivity contribution in [3.05, 3.63) is 46.1 Å². The van der Waals surface area contributed by atoms with Crippen molar-refractivity contribution in [3.63, 3.8) is 0 Å². The van der Waals surface area contributed by atoms with E-state index in [9.17, 15) is 21.5 Å². The second-order valence-electron chi connectivity index (χ2n) is 7.53. The molecule has 0 fully saturated rings. The van der Waals surface area contributed by atoms with Crippen LogP contribution >= 0.6 is 23.9 Å². The number of hydrogen-bond donors (Lipinski definition) is 0. The van der Waals surface area contributed by atoms with Gasteiger partial charge in [-0.2, -0.15) is 0 Å². The molecule has 0 aliphatic heterocycles. The van der Waals surface area contributed by atoms with Crippen LogP contribution in [0, 0.1) is 12.7 Å². The number of aryl methyl sites for hydroxylation is 1. The lowest BCUT2D eigenvalue weighted by Crippen LogP contribution is -2.43. The van der Waals surface area contributed by atoms with Gasteiger partial charge in [-0.25, -0.2) is 26.6 Å². The number of carbonyl (C=O) groups is 1. The summed E-state index contributed by atoms with van der Waals surface area (Å²) in [5, 5.41) is -0.608. The SMILES string of the molecule is Cc1nc(C(OC(=O)N(C(C)C)C(C)C)c2ccc(F)c(Cl)c2)n(SF)c1S(C)(=O)=O. The molecule has 31 heavy (non-hydrogen) atoms. The van der Waals surface area contributed by atoms with Gasteiger partial charge in [0.15, 0.2) is 39.1 Å². The maximum atomic E-state index is 13.9. The van der Waals surface area contributed by atoms with Crippen molar-refractivity contribution in [2.75, 3.05) is 6.26 Å². The number of rotatable bonds is 7. The van der Waals surface area contributed by atoms with Crippen LogP contribution in [0.4, 0.5) is 13.1 Å². The van der Waals surface area contributed by atoms with Crippen LogP contribution in [0.1, 0.15) is 50.9 Å². The van der Waals surface area contributed by atoms with E-state index >= 15 is 0 Å². The normalized spacial score (nSPS) is 13.0. The summed E-state index contributed by atoms with van der Waals surface area (Å²) in [6.45, 7) is 8.60. The molecule has 1 heterocycles. The number of sulfone groups is 1. The second kappa shape index (κ2) is 9.74. The number of carbonyl (C=O) groups excluding carboxylic acids is 1. The summed E-state index contributed by atoms with van der Waals surface area (Å²) in [6, 6.07) is 3.18. The molecule has 12 heteroatoms. The van der Waals surface area contributed by atoms with E-state index < -0.39 is 27.9 Å². The summed E-state index contributed by atoms with van der Waals surface area (Å²) < 4.78 is 58.4. The van der Waals surface area contributed by atoms with Crippen LogP contribution in [0.5, 0.6) is 0 Å². The van der Waals surface area contributed by atoms with Gasteiger partial charge in [0.2, 0.25) is 0 Å². The third-order valence-electron chi connectivity index (χ3n) is 4.43. The third-order valence-corrected chi connectivity index (χ3v) is 6.52. The van der Waals surface area contributed by atoms with Gasteiger partial charge >= 0.3 is 6.09 Å². The lowest BCUT2D eigenvalue weighted by atomic mass is 10.1. The van der Waals surface area contributed by atoms with Gasteiger partial charge in [0.25, 0.3) is 0 Å². The molecule has 1 aromatic carbocycles. The lowest BCUT2D eigenvalue weighted by molar-refractivity contribution is 0.0549. The van der Waals surface area contributed by atoms with E-state index in [1.165, 1.54) is 24.0 Å². The summed E-state index contributed by atoms with van der Waals surface area (Å²) in [5.74, 6) is -0.883. The highest BCUT2D eigenvalue weighted by molar-refractivity contribution is 7.94. The van der Waals surface area contributed by atoms with Crippen LogP contribution < -0.4 is 0 Å². The molecule has 0 spiro atoms. The minimum absolute atomic E-state index is 0.0292. The fraction of sp³-hybridized carbons (Fsp3) is 0.474. The largest absolute Gasteiger partial charge is 0.433 e. The zero-order valence-electron chi connectivity index (χ0n) is 17.9. The van der Waals surface area contributed by atoms with Crippen molar-refractivity contribution in [1.29, 1.82) is 0 Å². The second-order valence-corrected chi connectivity index (χ2v) is 10.4. The smallest absolute Gasteiger partial charge is 0.411 e. The number of hydrogen-bond acceptors (Lipinski definition) is 6. The Labute approximate surface area is 190 Å². The van der Waals surface area contributed by atoms with Crippen LogP contribution in [0.15, 0.2) is 23.2 Å². The fourth-order valence-corrected chi connectivity index (χ4v) is 5.35. The molecule has 0 aliphatic carbocycles. The van der Waals surface area contributed by atoms with Gasteiger partial charge in [-0.1, -0.05) is 17.7 Å². The molecule has 0 N–H and O–H groups in total. The summed E-state index contributed by atoms with van der Waals surface area (Å²) in [4.78, 5) is 18.6. The van der Waals surface area contributed by atoms with Crippen molar-refractivity contribution in [2.45, 2.75) is 57.8 Å². The summed E-state index contributed by atoms with van der Waals surface area (Å²) in [6.07, 6.45) is -1.15. The van der Waals surface area contributed by atoms with Crippen molar-refractivity contribution < 1.29 is 26.2 Å². The molecule has 0 aliphatic rings. The Kier molecular flexibility index (Phi) is 7.99. The minimum atomic E-state index is -3.86. The first kappa shape index (κ1) is 25.4. The Morgan fingerprint density at radius 1 is 1.26 bits per heavy atom. The predicted octanol–water partition coefficient (Wildman–Crippen LogP) is 5.11. The molecule has 0 saturated carbocycles. The van der Waals surface area contributed by atoms with Gasteiger partial charge in [0.05, 0.1) is 10.7 Å². The third kappa shape index (κ3) is 5.50. The van der Waals surface area contributed by atoms with Crippen LogP contribution in [0.2, 0.25) is 5.02 Å². The van der Waals surface area contributed by atoms with Crippen LogP contribution in [0.3, 0.4) is 0 Å². The van der Waals surface area contributed by atoms with Gasteiger partial charge < -0.3 is 9.64 Å². The van der Waals surface area contributed by atoms with Gasteiger partial charge in [0.1, 0.15) is 5.82 Å². The van der Waals surface area contributed by atoms with Crippen molar-refractivity contribution in [3.8, 4) is 0 Å². The molecule has 1 aromatic heterocycles. The molecule has 0 saturated heterocycles. The Morgan fingerprint density at radius 2 is 1.84 bits per heavy atom. The van der Waals surface area contributed by atoms with Crippen molar-refractivity contribution in [2.24, 2.45) is 0 Å². The van der Waals surface area contributed by atoms with E-state index in [0.717, 1.165) is 16.3 Å². The van der Waals surface area contributed by atoms with Gasteiger partial charge in [-0.15, -0.1) is 3.89 Å². The fourth-order valence-electron chi connectivity index (χ4n) is 3.29. The standard InChI is InChI=1S/C19H24ClF2N3O4S2/c1-10(2)24(11(3)4)19(26)29-16(13-7-8-15(21)14(20)9-13)17-23-12(5)18(25(17)30-22)31(6,27)28/h7-11,16H,1-6H3. The molecular weight excluding hydrogens is 472 g/mol. The van der Waals surface area contributed by atoms with E-state index in [0.29, 0.717) is 0 Å². The van der Waals surface area contributed by atoms with Gasteiger partial charge in [-0.3, -0.25) is 0 Å². The van der Waals surface area contributed by atoms with Crippen LogP contribution in [0.25, 0.3) is 0 Å². The summed E-state index contributed by atoms with van der Waals surface area (Å²) in [5.41, 5.74) is 0.231. The van der Waals surface area contributed by atoms with E-state index in [1.807, 2.05) is 0 Å². The first-order valence-corrected chi connectivity index (χ1v) is 12.3. The Balaban J connectivity index is 2.69. The highest BCUT2D eigenvalue weighted by Gasteiger charge is 2.33. The quantitative estimate of drug-likeness (QED) is 0.530. The number of nitrogens with zero attached hydrogens (tertiary/aromatic N) is 3. The highest BCUT2D eigenvalue weighted by atomic mass is 35.5. The van der Waals surface area contributed by atoms with E-state index in [2.05, 4.69) is 4.98 Å². The monoisotopic (exact) mass is 495 g/mol. The van der Waals surface area contributed by atoms with Crippen molar-refractivity contribution >= 4 is 39.9 Å². The molecule has 0 bridgehead atoms. The Morgan fingerprint density at radius 3 is 2.29 bits per heavy atom. The van der Waals surface area contributed by atoms with Crippen LogP contribution in [-0.4, -0.2) is 46.7 Å². The van der Waals surface area contributed by atoms with Gasteiger partial charge in [-0.05, 0) is 46.8 Å². The molecule has 2 aromatic rings. The number of aromatic nitrogens is 2. The molecular formula is C19H24ClF2N3O4S2. The Hall–Kier alpha value is -1.85. The predicted molar refractivity (Wildman–Crippen MR) is 116 cm³/mol. The summed E-state index contributed by atoms with van der Waals surface area (Å²) >= 11 is 5.51. The van der Waals surface area contributed by atoms with Gasteiger partial charge in [0, 0.05) is 23.9 Å². The number of ether oxygens (including phenoxy) is 1. The van der Waals surface area contributed by atoms with E-state index in [-0.39, 0.29) is 51.5 Å². The number of imidazole rings is 1. The summed E-state index contributed by atoms with van der Waals surface area (Å²) in [7, 11) is -3.86. The highest BCUT2D eigenvalue weighted by Crippen LogP contribution is 2.34. The number of halogens is 3. The minimum Gasteiger partial charge on any atom is -0.433 e. The zero-order chi connectivity index (χ0) is 23.7. The van der Waals surface area contributed by atoms with E-state index in [4.69, 9.17) is 16.3 Å². The number of benzene rings is 1. The van der Waals surface area contributed by atoms with E-state index in [1.54, 1.807) is 27.7 Å². The van der Waals surface area contributed by atoms with Crippen LogP contribution in [-0.2, 0) is 14.6 Å². The maximum absolute atomic E-state index is 13.9. The zero-order valence-corrected chi connectivity index (χ0v) is 20.3. The molecule has 1 amide bonds. The number of amides is 1. The molecule has 1 unspecified atom stereocenters. The van der Waals surface area contributed by atoms with Crippen molar-refractivity contribution in [1.82, 2.24) is 13.9 Å². The first-order valence-electron chi connectivity index (χ1n) is 9.31. The molecule has 1 atom stereocenters. The molecule has 2 rings (SSSR count).